The van der Waals surface area contributed by atoms with Gasteiger partial charge in [0.2, 0.25) is 0 Å². The summed E-state index contributed by atoms with van der Waals surface area (Å²) in [5, 5.41) is 33.0. The lowest BCUT2D eigenvalue weighted by molar-refractivity contribution is 0.0375. The molecule has 0 saturated carbocycles. The Hall–Kier alpha value is -0.200. The van der Waals surface area contributed by atoms with Gasteiger partial charge in [0.1, 0.15) is 6.23 Å². The average Bonchev–Trinajstić information content (AvgIpc) is 2.30. The molecule has 1 aliphatic heterocycles. The molecule has 1 aliphatic rings. The fraction of sp³-hybridized carbons (Fsp3) is 1.00. The molecule has 4 atom stereocenters. The molecule has 5 heteroatoms. The van der Waals surface area contributed by atoms with Gasteiger partial charge >= 0.3 is 0 Å². The number of hydrogen-bond donors (Lipinski definition) is 5. The second kappa shape index (κ2) is 4.15. The second-order valence-electron chi connectivity index (χ2n) is 3.16. The predicted molar refractivity (Wildman–Crippen MR) is 43.5 cm³/mol. The third-order valence-corrected chi connectivity index (χ3v) is 2.03. The molecule has 5 N–H and O–H groups in total. The smallest absolute Gasteiger partial charge is 0.102 e. The lowest BCUT2D eigenvalue weighted by atomic mass is 10.1. The van der Waals surface area contributed by atoms with E-state index in [-0.39, 0.29) is 6.04 Å². The highest BCUT2D eigenvalue weighted by atomic mass is 16.3. The van der Waals surface area contributed by atoms with Gasteiger partial charge in [-0.2, -0.15) is 0 Å². The van der Waals surface area contributed by atoms with Crippen LogP contribution in [0.4, 0.5) is 0 Å². The van der Waals surface area contributed by atoms with Crippen LogP contribution in [-0.2, 0) is 0 Å². The molecule has 0 aromatic heterocycles. The van der Waals surface area contributed by atoms with Gasteiger partial charge < -0.3 is 20.6 Å². The van der Waals surface area contributed by atoms with Gasteiger partial charge in [0.25, 0.3) is 0 Å². The van der Waals surface area contributed by atoms with Gasteiger partial charge in [-0.15, -0.1) is 0 Å². The molecular weight excluding hydrogens is 160 g/mol. The highest BCUT2D eigenvalue weighted by Crippen LogP contribution is 2.06. The first-order valence-corrected chi connectivity index (χ1v) is 4.12. The molecule has 5 nitrogen and oxygen atoms in total. The molecule has 1 rings (SSSR count). The highest BCUT2D eigenvalue weighted by molar-refractivity contribution is 4.91. The van der Waals surface area contributed by atoms with Gasteiger partial charge in [0, 0.05) is 19.1 Å². The van der Waals surface area contributed by atoms with E-state index < -0.39 is 18.4 Å². The van der Waals surface area contributed by atoms with E-state index in [9.17, 15) is 5.11 Å². The SMILES string of the molecule is C[C@H](O)NC[C@H]1NC[C@H](O)[C@@H]1O. The first-order chi connectivity index (χ1) is 5.61. The maximum absolute atomic E-state index is 9.34. The van der Waals surface area contributed by atoms with Crippen LogP contribution in [0.5, 0.6) is 0 Å². The maximum Gasteiger partial charge on any atom is 0.102 e. The number of β-amino-alcohol motifs (C(OH)–C–C–N with tert-alkyl or cyclic N) is 1. The standard InChI is InChI=1S/C7H16N2O3/c1-4(10)8-2-5-7(12)6(11)3-9-5/h4-12H,2-3H2,1H3/t4-,5+,6-,7+/m0/s1. The lowest BCUT2D eigenvalue weighted by Crippen LogP contribution is -2.44. The number of nitrogens with one attached hydrogen (secondary N) is 2. The molecule has 1 saturated heterocycles. The molecule has 1 heterocycles. The minimum Gasteiger partial charge on any atom is -0.389 e. The van der Waals surface area contributed by atoms with Crippen molar-refractivity contribution >= 4 is 0 Å². The van der Waals surface area contributed by atoms with E-state index in [1.807, 2.05) is 0 Å². The van der Waals surface area contributed by atoms with E-state index in [0.717, 1.165) is 0 Å². The maximum atomic E-state index is 9.34. The summed E-state index contributed by atoms with van der Waals surface area (Å²) in [5.41, 5.74) is 0. The molecule has 12 heavy (non-hydrogen) atoms. The van der Waals surface area contributed by atoms with Gasteiger partial charge in [0.05, 0.1) is 12.2 Å². The third kappa shape index (κ3) is 2.40. The zero-order valence-corrected chi connectivity index (χ0v) is 7.07. The lowest BCUT2D eigenvalue weighted by Gasteiger charge is -2.17. The Labute approximate surface area is 71.4 Å². The summed E-state index contributed by atoms with van der Waals surface area (Å²) in [6, 6.07) is -0.172. The summed E-state index contributed by atoms with van der Waals surface area (Å²) in [5.74, 6) is 0. The van der Waals surface area contributed by atoms with Crippen LogP contribution < -0.4 is 10.6 Å². The van der Waals surface area contributed by atoms with Crippen molar-refractivity contribution in [3.8, 4) is 0 Å². The van der Waals surface area contributed by atoms with Crippen LogP contribution in [0.3, 0.4) is 0 Å². The van der Waals surface area contributed by atoms with Crippen molar-refractivity contribution in [2.24, 2.45) is 0 Å². The molecule has 0 aliphatic carbocycles. The Morgan fingerprint density at radius 2 is 2.25 bits per heavy atom. The van der Waals surface area contributed by atoms with Crippen LogP contribution in [0, 0.1) is 0 Å². The van der Waals surface area contributed by atoms with Crippen LogP contribution in [-0.4, -0.2) is 52.9 Å². The van der Waals surface area contributed by atoms with E-state index in [1.54, 1.807) is 6.92 Å². The van der Waals surface area contributed by atoms with Crippen molar-refractivity contribution in [2.75, 3.05) is 13.1 Å². The molecule has 0 aromatic rings. The van der Waals surface area contributed by atoms with Crippen LogP contribution in [0.2, 0.25) is 0 Å². The average molecular weight is 176 g/mol. The van der Waals surface area contributed by atoms with Crippen molar-refractivity contribution in [3.63, 3.8) is 0 Å². The van der Waals surface area contributed by atoms with Crippen molar-refractivity contribution < 1.29 is 15.3 Å². The van der Waals surface area contributed by atoms with Crippen molar-refractivity contribution in [2.45, 2.75) is 31.4 Å². The Bertz CT molecular complexity index is 143. The zero-order valence-electron chi connectivity index (χ0n) is 7.07. The quantitative estimate of drug-likeness (QED) is 0.310. The molecule has 72 valence electrons. The second-order valence-corrected chi connectivity index (χ2v) is 3.16. The Morgan fingerprint density at radius 3 is 2.67 bits per heavy atom. The topological polar surface area (TPSA) is 84.8 Å². The first-order valence-electron chi connectivity index (χ1n) is 4.12. The van der Waals surface area contributed by atoms with E-state index >= 15 is 0 Å². The summed E-state index contributed by atoms with van der Waals surface area (Å²) in [4.78, 5) is 0. The Kier molecular flexibility index (Phi) is 3.42. The van der Waals surface area contributed by atoms with Gasteiger partial charge in [-0.25, -0.2) is 0 Å². The fourth-order valence-corrected chi connectivity index (χ4v) is 1.27. The van der Waals surface area contributed by atoms with E-state index in [4.69, 9.17) is 10.2 Å². The van der Waals surface area contributed by atoms with E-state index in [0.29, 0.717) is 13.1 Å². The van der Waals surface area contributed by atoms with Crippen LogP contribution in [0.25, 0.3) is 0 Å². The molecular formula is C7H16N2O3. The molecule has 0 amide bonds. The van der Waals surface area contributed by atoms with Crippen LogP contribution in [0.1, 0.15) is 6.92 Å². The van der Waals surface area contributed by atoms with Crippen molar-refractivity contribution in [1.82, 2.24) is 10.6 Å². The van der Waals surface area contributed by atoms with E-state index in [2.05, 4.69) is 10.6 Å². The van der Waals surface area contributed by atoms with Crippen molar-refractivity contribution in [1.29, 1.82) is 0 Å². The summed E-state index contributed by atoms with van der Waals surface area (Å²) in [6.07, 6.45) is -2.02. The van der Waals surface area contributed by atoms with Gasteiger partial charge in [-0.1, -0.05) is 0 Å². The Balaban J connectivity index is 2.24. The zero-order chi connectivity index (χ0) is 9.14. The van der Waals surface area contributed by atoms with Crippen LogP contribution in [0.15, 0.2) is 0 Å². The van der Waals surface area contributed by atoms with Gasteiger partial charge in [0.15, 0.2) is 0 Å². The number of aliphatic hydroxyl groups is 3. The molecule has 0 unspecified atom stereocenters. The van der Waals surface area contributed by atoms with Crippen molar-refractivity contribution in [3.05, 3.63) is 0 Å². The number of hydrogen-bond acceptors (Lipinski definition) is 5. The molecule has 0 radical (unpaired) electrons. The summed E-state index contributed by atoms with van der Waals surface area (Å²) in [7, 11) is 0. The van der Waals surface area contributed by atoms with E-state index in [1.165, 1.54) is 0 Å². The number of aliphatic hydroxyl groups excluding tert-OH is 3. The minimum atomic E-state index is -0.740. The number of rotatable bonds is 3. The van der Waals surface area contributed by atoms with Gasteiger partial charge in [-0.05, 0) is 6.92 Å². The third-order valence-electron chi connectivity index (χ3n) is 2.03. The van der Waals surface area contributed by atoms with Gasteiger partial charge in [-0.3, -0.25) is 5.32 Å². The normalized spacial score (nSPS) is 38.5. The largest absolute Gasteiger partial charge is 0.389 e. The fourth-order valence-electron chi connectivity index (χ4n) is 1.27. The Morgan fingerprint density at radius 1 is 1.58 bits per heavy atom. The molecule has 0 aromatic carbocycles. The molecule has 1 fully saturated rings. The summed E-state index contributed by atoms with van der Waals surface area (Å²) in [6.45, 7) is 2.47. The first kappa shape index (κ1) is 9.88. The molecule has 0 spiro atoms. The van der Waals surface area contributed by atoms with Crippen LogP contribution >= 0.6 is 0 Å². The highest BCUT2D eigenvalue weighted by Gasteiger charge is 2.32. The molecule has 0 bridgehead atoms. The predicted octanol–water partition coefficient (Wildman–Crippen LogP) is -2.39. The monoisotopic (exact) mass is 176 g/mol. The summed E-state index contributed by atoms with van der Waals surface area (Å²) < 4.78 is 0. The minimum absolute atomic E-state index is 0.172. The summed E-state index contributed by atoms with van der Waals surface area (Å²) >= 11 is 0.